The number of anilines is 1. The molecule has 3 aromatic carbocycles. The molecular formula is C30H21Cl2F3N8O2. The van der Waals surface area contributed by atoms with Gasteiger partial charge in [0.2, 0.25) is 0 Å². The van der Waals surface area contributed by atoms with Gasteiger partial charge in [0.05, 0.1) is 52.0 Å². The van der Waals surface area contributed by atoms with Gasteiger partial charge in [-0.2, -0.15) is 23.5 Å². The second-order valence-corrected chi connectivity index (χ2v) is 10.6. The van der Waals surface area contributed by atoms with E-state index in [4.69, 9.17) is 23.2 Å². The predicted octanol–water partition coefficient (Wildman–Crippen LogP) is 6.20. The average molecular weight is 653 g/mol. The van der Waals surface area contributed by atoms with E-state index in [-0.39, 0.29) is 46.3 Å². The summed E-state index contributed by atoms with van der Waals surface area (Å²) >= 11 is 12.6. The van der Waals surface area contributed by atoms with E-state index in [1.54, 1.807) is 55.5 Å². The molecule has 10 nitrogen and oxygen atoms in total. The van der Waals surface area contributed by atoms with E-state index in [1.165, 1.54) is 22.9 Å². The molecule has 0 aliphatic rings. The summed E-state index contributed by atoms with van der Waals surface area (Å²) in [6, 6.07) is 19.7. The number of hydrogen-bond acceptors (Lipinski definition) is 6. The number of aryl methyl sites for hydroxylation is 1. The van der Waals surface area contributed by atoms with Crippen molar-refractivity contribution >= 4 is 40.7 Å². The van der Waals surface area contributed by atoms with Crippen molar-refractivity contribution in [3.05, 3.63) is 122 Å². The first-order valence-electron chi connectivity index (χ1n) is 13.1. The SMILES string of the molecule is Cc1cc(C#N)cc(C(=O)NCc2ccccc2Cl)c1NC(=O)c1cc(Cn2cc(C(F)(F)F)nn2)nn1-c1ccccc1Cl. The molecule has 45 heavy (non-hydrogen) atoms. The minimum absolute atomic E-state index is 0.0262. The van der Waals surface area contributed by atoms with Crippen molar-refractivity contribution in [2.75, 3.05) is 5.32 Å². The zero-order valence-electron chi connectivity index (χ0n) is 23.2. The third kappa shape index (κ3) is 6.98. The van der Waals surface area contributed by atoms with Crippen LogP contribution in [0.3, 0.4) is 0 Å². The van der Waals surface area contributed by atoms with Crippen molar-refractivity contribution in [2.24, 2.45) is 0 Å². The van der Waals surface area contributed by atoms with Crippen molar-refractivity contribution in [1.29, 1.82) is 5.26 Å². The molecule has 2 aromatic heterocycles. The quantitative estimate of drug-likeness (QED) is 0.205. The number of rotatable bonds is 8. The Morgan fingerprint density at radius 3 is 2.38 bits per heavy atom. The number of carbonyl (C=O) groups is 2. The lowest BCUT2D eigenvalue weighted by Crippen LogP contribution is -2.26. The Morgan fingerprint density at radius 2 is 1.71 bits per heavy atom. The van der Waals surface area contributed by atoms with Crippen LogP contribution in [0.1, 0.15) is 48.9 Å². The zero-order valence-corrected chi connectivity index (χ0v) is 24.7. The van der Waals surface area contributed by atoms with E-state index in [0.29, 0.717) is 21.8 Å². The molecule has 15 heteroatoms. The van der Waals surface area contributed by atoms with Crippen LogP contribution in [-0.2, 0) is 19.3 Å². The van der Waals surface area contributed by atoms with Gasteiger partial charge >= 0.3 is 6.18 Å². The molecule has 0 aliphatic heterocycles. The van der Waals surface area contributed by atoms with E-state index in [9.17, 15) is 28.0 Å². The third-order valence-corrected chi connectivity index (χ3v) is 7.26. The molecule has 0 bridgehead atoms. The summed E-state index contributed by atoms with van der Waals surface area (Å²) in [4.78, 5) is 27.2. The Morgan fingerprint density at radius 1 is 1.00 bits per heavy atom. The lowest BCUT2D eigenvalue weighted by Gasteiger charge is -2.16. The predicted molar refractivity (Wildman–Crippen MR) is 159 cm³/mol. The monoisotopic (exact) mass is 652 g/mol. The molecule has 0 saturated carbocycles. The van der Waals surface area contributed by atoms with E-state index >= 15 is 0 Å². The highest BCUT2D eigenvalue weighted by Crippen LogP contribution is 2.28. The Kier molecular flexibility index (Phi) is 8.89. The molecule has 0 unspecified atom stereocenters. The van der Waals surface area contributed by atoms with Crippen LogP contribution in [0.25, 0.3) is 5.69 Å². The van der Waals surface area contributed by atoms with Gasteiger partial charge in [0, 0.05) is 11.6 Å². The van der Waals surface area contributed by atoms with E-state index in [0.717, 1.165) is 10.9 Å². The van der Waals surface area contributed by atoms with Crippen LogP contribution in [0.2, 0.25) is 10.0 Å². The number of amides is 2. The number of para-hydroxylation sites is 1. The fraction of sp³-hybridized carbons (Fsp3) is 0.133. The van der Waals surface area contributed by atoms with Gasteiger partial charge in [-0.25, -0.2) is 9.36 Å². The Bertz CT molecular complexity index is 1960. The number of nitrogens with one attached hydrogen (secondary N) is 2. The molecule has 5 aromatic rings. The number of benzene rings is 3. The maximum absolute atomic E-state index is 13.8. The van der Waals surface area contributed by atoms with Crippen molar-refractivity contribution < 1.29 is 22.8 Å². The molecule has 0 radical (unpaired) electrons. The summed E-state index contributed by atoms with van der Waals surface area (Å²) in [5.41, 5.74) is 0.723. The van der Waals surface area contributed by atoms with Gasteiger partial charge in [-0.15, -0.1) is 5.10 Å². The fourth-order valence-electron chi connectivity index (χ4n) is 4.43. The summed E-state index contributed by atoms with van der Waals surface area (Å²) in [6.45, 7) is 1.47. The summed E-state index contributed by atoms with van der Waals surface area (Å²) < 4.78 is 41.3. The largest absolute Gasteiger partial charge is 0.436 e. The van der Waals surface area contributed by atoms with E-state index in [2.05, 4.69) is 26.0 Å². The van der Waals surface area contributed by atoms with Crippen molar-refractivity contribution in [3.8, 4) is 11.8 Å². The second kappa shape index (κ2) is 12.8. The first kappa shape index (κ1) is 31.2. The normalized spacial score (nSPS) is 11.2. The number of halogens is 5. The molecule has 0 saturated heterocycles. The molecule has 5 rings (SSSR count). The topological polar surface area (TPSA) is 131 Å². The zero-order chi connectivity index (χ0) is 32.3. The van der Waals surface area contributed by atoms with Crippen LogP contribution in [0, 0.1) is 18.3 Å². The van der Waals surface area contributed by atoms with Crippen LogP contribution < -0.4 is 10.6 Å². The number of carbonyl (C=O) groups excluding carboxylic acids is 2. The summed E-state index contributed by atoms with van der Waals surface area (Å²) in [5.74, 6) is -1.28. The number of nitrogens with zero attached hydrogens (tertiary/aromatic N) is 6. The number of nitriles is 1. The van der Waals surface area contributed by atoms with Crippen molar-refractivity contribution in [2.45, 2.75) is 26.2 Å². The first-order valence-corrected chi connectivity index (χ1v) is 13.9. The minimum atomic E-state index is -4.68. The maximum atomic E-state index is 13.8. The van der Waals surface area contributed by atoms with Crippen LogP contribution in [0.5, 0.6) is 0 Å². The number of alkyl halides is 3. The van der Waals surface area contributed by atoms with E-state index < -0.39 is 23.7 Å². The molecule has 2 N–H and O–H groups in total. The summed E-state index contributed by atoms with van der Waals surface area (Å²) in [5, 5.41) is 26.8. The lowest BCUT2D eigenvalue weighted by molar-refractivity contribution is -0.141. The van der Waals surface area contributed by atoms with Crippen LogP contribution in [0.15, 0.2) is 72.9 Å². The van der Waals surface area contributed by atoms with Gasteiger partial charge in [0.1, 0.15) is 5.69 Å². The minimum Gasteiger partial charge on any atom is -0.348 e. The molecule has 228 valence electrons. The second-order valence-electron chi connectivity index (χ2n) is 9.74. The van der Waals surface area contributed by atoms with Crippen LogP contribution in [0.4, 0.5) is 18.9 Å². The smallest absolute Gasteiger partial charge is 0.348 e. The lowest BCUT2D eigenvalue weighted by atomic mass is 10.0. The Labute approximate surface area is 264 Å². The summed E-state index contributed by atoms with van der Waals surface area (Å²) in [6.07, 6.45) is -3.96. The standard InChI is InChI=1S/C30H21Cl2F3N8O2/c1-17-10-18(13-36)11-21(28(44)37-14-19-6-2-3-7-22(19)31)27(17)38-29(45)25-12-20(15-42-16-26(39-41-42)30(33,34)35)40-43(25)24-9-5-4-8-23(24)32/h2-12,16H,14-15H2,1H3,(H,37,44)(H,38,45). The fourth-order valence-corrected chi connectivity index (χ4v) is 4.85. The van der Waals surface area contributed by atoms with Crippen LogP contribution in [-0.4, -0.2) is 36.6 Å². The Balaban J connectivity index is 1.49. The molecule has 2 amide bonds. The first-order chi connectivity index (χ1) is 21.4. The molecule has 0 spiro atoms. The molecule has 2 heterocycles. The third-order valence-electron chi connectivity index (χ3n) is 6.57. The number of aromatic nitrogens is 5. The summed E-state index contributed by atoms with van der Waals surface area (Å²) in [7, 11) is 0. The maximum Gasteiger partial charge on any atom is 0.436 e. The molecule has 0 atom stereocenters. The van der Waals surface area contributed by atoms with Crippen molar-refractivity contribution in [3.63, 3.8) is 0 Å². The Hall–Kier alpha value is -5.19. The van der Waals surface area contributed by atoms with Crippen LogP contribution >= 0.6 is 23.2 Å². The van der Waals surface area contributed by atoms with Gasteiger partial charge in [-0.1, -0.05) is 58.7 Å². The van der Waals surface area contributed by atoms with Crippen molar-refractivity contribution in [1.82, 2.24) is 30.1 Å². The highest BCUT2D eigenvalue weighted by molar-refractivity contribution is 6.32. The van der Waals surface area contributed by atoms with Gasteiger partial charge < -0.3 is 10.6 Å². The average Bonchev–Trinajstić information content (AvgIpc) is 3.65. The highest BCUT2D eigenvalue weighted by atomic mass is 35.5. The van der Waals surface area contributed by atoms with Gasteiger partial charge in [-0.3, -0.25) is 9.59 Å². The van der Waals surface area contributed by atoms with E-state index in [1.807, 2.05) is 6.07 Å². The molecular weight excluding hydrogens is 632 g/mol. The van der Waals surface area contributed by atoms with Gasteiger partial charge in [0.15, 0.2) is 5.69 Å². The molecule has 0 fully saturated rings. The highest BCUT2D eigenvalue weighted by Gasteiger charge is 2.34. The van der Waals surface area contributed by atoms with Gasteiger partial charge in [0.25, 0.3) is 11.8 Å². The molecule has 0 aliphatic carbocycles. The van der Waals surface area contributed by atoms with Gasteiger partial charge in [-0.05, 0) is 54.4 Å². The number of hydrogen-bond donors (Lipinski definition) is 2.